The molecule has 0 bridgehead atoms. The minimum atomic E-state index is -0.750. The molecule has 0 aromatic heterocycles. The van der Waals surface area contributed by atoms with Crippen LogP contribution in [0.5, 0.6) is 0 Å². The second-order valence-corrected chi connectivity index (χ2v) is 6.12. The Labute approximate surface area is 146 Å². The molecule has 0 radical (unpaired) electrons. The molecule has 3 rings (SSSR count). The van der Waals surface area contributed by atoms with E-state index in [1.165, 1.54) is 0 Å². The maximum Gasteiger partial charge on any atom is 0.251 e. The van der Waals surface area contributed by atoms with E-state index in [1.54, 1.807) is 6.07 Å². The van der Waals surface area contributed by atoms with Crippen LogP contribution in [0.15, 0.2) is 66.7 Å². The molecule has 0 unspecified atom stereocenters. The van der Waals surface area contributed by atoms with Crippen LogP contribution < -0.4 is 11.1 Å². The second kappa shape index (κ2) is 7.18. The molecule has 1 atom stereocenters. The van der Waals surface area contributed by atoms with Gasteiger partial charge in [-0.3, -0.25) is 9.59 Å². The second-order valence-electron chi connectivity index (χ2n) is 6.12. The quantitative estimate of drug-likeness (QED) is 0.754. The fourth-order valence-corrected chi connectivity index (χ4v) is 2.85. The molecule has 0 heterocycles. The molecule has 0 aliphatic heterocycles. The fraction of sp³-hybridized carbons (Fsp3) is 0.143. The van der Waals surface area contributed by atoms with Crippen molar-refractivity contribution < 1.29 is 9.59 Å². The number of hydrogen-bond donors (Lipinski definition) is 2. The Morgan fingerprint density at radius 1 is 0.960 bits per heavy atom. The average Bonchev–Trinajstić information content (AvgIpc) is 2.62. The summed E-state index contributed by atoms with van der Waals surface area (Å²) in [6.07, 6.45) is 0.376. The molecule has 0 aliphatic rings. The SMILES string of the molecule is Cc1ccccc1C[C@H](NC(=O)c1ccc2ccccc2c1)C(N)=O. The van der Waals surface area contributed by atoms with Crippen molar-refractivity contribution in [3.05, 3.63) is 83.4 Å². The number of amides is 2. The van der Waals surface area contributed by atoms with E-state index in [2.05, 4.69) is 5.32 Å². The highest BCUT2D eigenvalue weighted by Crippen LogP contribution is 2.16. The largest absolute Gasteiger partial charge is 0.368 e. The Morgan fingerprint density at radius 3 is 2.36 bits per heavy atom. The van der Waals surface area contributed by atoms with Gasteiger partial charge in [-0.1, -0.05) is 54.6 Å². The number of hydrogen-bond acceptors (Lipinski definition) is 2. The zero-order valence-corrected chi connectivity index (χ0v) is 14.0. The number of benzene rings is 3. The smallest absolute Gasteiger partial charge is 0.251 e. The summed E-state index contributed by atoms with van der Waals surface area (Å²) in [6.45, 7) is 1.97. The van der Waals surface area contributed by atoms with Crippen LogP contribution in [-0.4, -0.2) is 17.9 Å². The molecule has 0 saturated carbocycles. The lowest BCUT2D eigenvalue weighted by molar-refractivity contribution is -0.119. The van der Waals surface area contributed by atoms with Gasteiger partial charge >= 0.3 is 0 Å². The van der Waals surface area contributed by atoms with Gasteiger partial charge < -0.3 is 11.1 Å². The normalized spacial score (nSPS) is 11.9. The van der Waals surface area contributed by atoms with E-state index in [9.17, 15) is 9.59 Å². The molecule has 0 aliphatic carbocycles. The van der Waals surface area contributed by atoms with Crippen molar-refractivity contribution in [3.63, 3.8) is 0 Å². The molecule has 4 nitrogen and oxygen atoms in total. The first-order valence-corrected chi connectivity index (χ1v) is 8.18. The maximum absolute atomic E-state index is 12.6. The molecule has 0 fully saturated rings. The van der Waals surface area contributed by atoms with Crippen LogP contribution >= 0.6 is 0 Å². The number of rotatable bonds is 5. The summed E-state index contributed by atoms with van der Waals surface area (Å²) < 4.78 is 0. The Hall–Kier alpha value is -3.14. The van der Waals surface area contributed by atoms with Gasteiger partial charge in [-0.2, -0.15) is 0 Å². The lowest BCUT2D eigenvalue weighted by Crippen LogP contribution is -2.46. The van der Waals surface area contributed by atoms with E-state index >= 15 is 0 Å². The Kier molecular flexibility index (Phi) is 4.80. The first-order chi connectivity index (χ1) is 12.0. The van der Waals surface area contributed by atoms with E-state index in [-0.39, 0.29) is 5.91 Å². The van der Waals surface area contributed by atoms with Crippen LogP contribution in [0.4, 0.5) is 0 Å². The molecule has 0 spiro atoms. The van der Waals surface area contributed by atoms with Crippen LogP contribution in [0.1, 0.15) is 21.5 Å². The molecule has 4 heteroatoms. The topological polar surface area (TPSA) is 72.2 Å². The highest BCUT2D eigenvalue weighted by Gasteiger charge is 2.20. The Bertz CT molecular complexity index is 934. The van der Waals surface area contributed by atoms with E-state index in [4.69, 9.17) is 5.73 Å². The van der Waals surface area contributed by atoms with Crippen LogP contribution in [-0.2, 0) is 11.2 Å². The first kappa shape index (κ1) is 16.7. The van der Waals surface area contributed by atoms with Crippen molar-refractivity contribution in [2.24, 2.45) is 5.73 Å². The minimum absolute atomic E-state index is 0.303. The van der Waals surface area contributed by atoms with Crippen LogP contribution in [0.3, 0.4) is 0 Å². The zero-order valence-electron chi connectivity index (χ0n) is 14.0. The summed E-state index contributed by atoms with van der Waals surface area (Å²) in [5.74, 6) is -0.847. The summed E-state index contributed by atoms with van der Waals surface area (Å²) in [6, 6.07) is 20.3. The molecular weight excluding hydrogens is 312 g/mol. The van der Waals surface area contributed by atoms with Crippen molar-refractivity contribution in [3.8, 4) is 0 Å². The zero-order chi connectivity index (χ0) is 17.8. The van der Waals surface area contributed by atoms with Gasteiger partial charge in [0.15, 0.2) is 0 Å². The third kappa shape index (κ3) is 3.86. The summed E-state index contributed by atoms with van der Waals surface area (Å²) in [4.78, 5) is 24.4. The Morgan fingerprint density at radius 2 is 1.64 bits per heavy atom. The monoisotopic (exact) mass is 332 g/mol. The van der Waals surface area contributed by atoms with Crippen molar-refractivity contribution >= 4 is 22.6 Å². The lowest BCUT2D eigenvalue weighted by atomic mass is 10.00. The molecule has 3 aromatic carbocycles. The summed E-state index contributed by atoms with van der Waals surface area (Å²) in [7, 11) is 0. The predicted octanol–water partition coefficient (Wildman–Crippen LogP) is 2.97. The van der Waals surface area contributed by atoms with E-state index in [0.717, 1.165) is 21.9 Å². The van der Waals surface area contributed by atoms with Gasteiger partial charge in [-0.15, -0.1) is 0 Å². The van der Waals surface area contributed by atoms with Crippen molar-refractivity contribution in [2.75, 3.05) is 0 Å². The number of fused-ring (bicyclic) bond motifs is 1. The number of primary amides is 1. The lowest BCUT2D eigenvalue weighted by Gasteiger charge is -2.17. The minimum Gasteiger partial charge on any atom is -0.368 e. The maximum atomic E-state index is 12.6. The summed E-state index contributed by atoms with van der Waals surface area (Å²) >= 11 is 0. The van der Waals surface area contributed by atoms with Crippen molar-refractivity contribution in [1.82, 2.24) is 5.32 Å². The molecule has 2 amide bonds. The molecule has 3 N–H and O–H groups in total. The molecular formula is C21H20N2O2. The number of nitrogens with one attached hydrogen (secondary N) is 1. The molecule has 0 saturated heterocycles. The standard InChI is InChI=1S/C21H20N2O2/c1-14-6-2-3-8-16(14)13-19(20(22)24)23-21(25)18-11-10-15-7-4-5-9-17(15)12-18/h2-12,19H,13H2,1H3,(H2,22,24)(H,23,25)/t19-/m0/s1. The van der Waals surface area contributed by atoms with Crippen LogP contribution in [0.25, 0.3) is 10.8 Å². The molecule has 3 aromatic rings. The highest BCUT2D eigenvalue weighted by atomic mass is 16.2. The van der Waals surface area contributed by atoms with Crippen LogP contribution in [0, 0.1) is 6.92 Å². The summed E-state index contributed by atoms with van der Waals surface area (Å²) in [5.41, 5.74) is 8.06. The molecule has 25 heavy (non-hydrogen) atoms. The van der Waals surface area contributed by atoms with Gasteiger partial charge in [0.1, 0.15) is 6.04 Å². The van der Waals surface area contributed by atoms with Crippen molar-refractivity contribution in [2.45, 2.75) is 19.4 Å². The van der Waals surface area contributed by atoms with Crippen molar-refractivity contribution in [1.29, 1.82) is 0 Å². The number of carbonyl (C=O) groups excluding carboxylic acids is 2. The Balaban J connectivity index is 1.80. The van der Waals surface area contributed by atoms with E-state index in [1.807, 2.05) is 67.6 Å². The highest BCUT2D eigenvalue weighted by molar-refractivity contribution is 6.00. The summed E-state index contributed by atoms with van der Waals surface area (Å²) in [5, 5.41) is 4.80. The van der Waals surface area contributed by atoms with Crippen LogP contribution in [0.2, 0.25) is 0 Å². The number of aryl methyl sites for hydroxylation is 1. The van der Waals surface area contributed by atoms with Gasteiger partial charge in [0.25, 0.3) is 5.91 Å². The average molecular weight is 332 g/mol. The number of carbonyl (C=O) groups is 2. The number of nitrogens with two attached hydrogens (primary N) is 1. The first-order valence-electron chi connectivity index (χ1n) is 8.18. The van der Waals surface area contributed by atoms with Gasteiger partial charge in [0.2, 0.25) is 5.91 Å². The van der Waals surface area contributed by atoms with E-state index in [0.29, 0.717) is 12.0 Å². The van der Waals surface area contributed by atoms with Gasteiger partial charge in [0, 0.05) is 12.0 Å². The van der Waals surface area contributed by atoms with Gasteiger partial charge in [0.05, 0.1) is 0 Å². The predicted molar refractivity (Wildman–Crippen MR) is 99.3 cm³/mol. The molecule has 126 valence electrons. The van der Waals surface area contributed by atoms with E-state index < -0.39 is 11.9 Å². The van der Waals surface area contributed by atoms with Gasteiger partial charge in [-0.25, -0.2) is 0 Å². The fourth-order valence-electron chi connectivity index (χ4n) is 2.85. The van der Waals surface area contributed by atoms with Gasteiger partial charge in [-0.05, 0) is 41.0 Å². The third-order valence-corrected chi connectivity index (χ3v) is 4.35. The third-order valence-electron chi connectivity index (χ3n) is 4.35.